The Morgan fingerprint density at radius 2 is 1.75 bits per heavy atom. The fourth-order valence-corrected chi connectivity index (χ4v) is 6.39. The molecule has 0 aromatic heterocycles. The number of carbonyl (C=O) groups is 1. The first-order valence-corrected chi connectivity index (χ1v) is 14.1. The topological polar surface area (TPSA) is 68.8 Å². The number of fused-ring (bicyclic) bond motifs is 6. The zero-order chi connectivity index (χ0) is 27.3. The fourth-order valence-electron chi connectivity index (χ4n) is 6.39. The Bertz CT molecular complexity index is 1600. The zero-order valence-corrected chi connectivity index (χ0v) is 22.7. The van der Waals surface area contributed by atoms with Crippen molar-refractivity contribution in [1.82, 2.24) is 0 Å². The lowest BCUT2D eigenvalue weighted by Gasteiger charge is -2.39. The number of nitrogens with one attached hydrogen (secondary N) is 2. The Balaban J connectivity index is 1.43. The quantitative estimate of drug-likeness (QED) is 0.248. The highest BCUT2D eigenvalue weighted by molar-refractivity contribution is 5.97. The van der Waals surface area contributed by atoms with Gasteiger partial charge in [0.1, 0.15) is 11.5 Å². The van der Waals surface area contributed by atoms with Gasteiger partial charge in [-0.1, -0.05) is 49.4 Å². The monoisotopic (exact) mass is 532 g/mol. The summed E-state index contributed by atoms with van der Waals surface area (Å²) >= 11 is 0. The maximum absolute atomic E-state index is 13.5. The number of para-hydroxylation sites is 1. The molecule has 3 aliphatic rings. The van der Waals surface area contributed by atoms with E-state index in [1.54, 1.807) is 0 Å². The maximum atomic E-state index is 13.5. The van der Waals surface area contributed by atoms with Gasteiger partial charge in [-0.2, -0.15) is 0 Å². The van der Waals surface area contributed by atoms with Crippen LogP contribution >= 0.6 is 0 Å². The number of ether oxygens (including phenoxy) is 3. The van der Waals surface area contributed by atoms with Crippen LogP contribution in [-0.2, 0) is 15.1 Å². The summed E-state index contributed by atoms with van der Waals surface area (Å²) in [6, 6.07) is 28.0. The molecule has 0 amide bonds. The lowest BCUT2D eigenvalue weighted by atomic mass is 9.76. The molecule has 6 heteroatoms. The summed E-state index contributed by atoms with van der Waals surface area (Å²) in [6.07, 6.45) is 3.13. The van der Waals surface area contributed by atoms with Crippen LogP contribution in [0.3, 0.4) is 0 Å². The Morgan fingerprint density at radius 1 is 0.925 bits per heavy atom. The lowest BCUT2D eigenvalue weighted by molar-refractivity contribution is 0.0226. The molecule has 4 aromatic rings. The molecule has 2 N–H and O–H groups in total. The summed E-state index contributed by atoms with van der Waals surface area (Å²) in [7, 11) is 0. The van der Waals surface area contributed by atoms with Crippen molar-refractivity contribution < 1.29 is 19.0 Å². The minimum absolute atomic E-state index is 0.119. The highest BCUT2D eigenvalue weighted by atomic mass is 16.6. The Labute approximate surface area is 234 Å². The van der Waals surface area contributed by atoms with E-state index in [-0.39, 0.29) is 18.1 Å². The minimum Gasteiger partial charge on any atom is -0.456 e. The zero-order valence-electron chi connectivity index (χ0n) is 22.7. The number of esters is 1. The van der Waals surface area contributed by atoms with Crippen LogP contribution in [-0.4, -0.2) is 24.7 Å². The van der Waals surface area contributed by atoms with E-state index in [0.29, 0.717) is 17.1 Å². The Kier molecular flexibility index (Phi) is 6.01. The minimum atomic E-state index is -1.17. The first-order chi connectivity index (χ1) is 19.6. The van der Waals surface area contributed by atoms with Crippen molar-refractivity contribution in [2.75, 3.05) is 17.2 Å². The van der Waals surface area contributed by atoms with Gasteiger partial charge in [-0.15, -0.1) is 0 Å². The van der Waals surface area contributed by atoms with E-state index in [9.17, 15) is 4.79 Å². The highest BCUT2D eigenvalue weighted by Gasteiger charge is 2.55. The second kappa shape index (κ2) is 9.72. The molecule has 0 aliphatic carbocycles. The van der Waals surface area contributed by atoms with E-state index >= 15 is 0 Å². The smallest absolute Gasteiger partial charge is 0.340 e. The van der Waals surface area contributed by atoms with Gasteiger partial charge >= 0.3 is 5.97 Å². The molecule has 7 rings (SSSR count). The van der Waals surface area contributed by atoms with Crippen molar-refractivity contribution in [2.24, 2.45) is 0 Å². The van der Waals surface area contributed by atoms with Crippen LogP contribution in [0.2, 0.25) is 0 Å². The number of carbonyl (C=O) groups excluding carboxylic acids is 1. The molecule has 1 fully saturated rings. The van der Waals surface area contributed by atoms with E-state index in [0.717, 1.165) is 65.2 Å². The van der Waals surface area contributed by atoms with Crippen LogP contribution < -0.4 is 15.4 Å². The van der Waals surface area contributed by atoms with Gasteiger partial charge in [0.2, 0.25) is 0 Å². The van der Waals surface area contributed by atoms with E-state index < -0.39 is 5.60 Å². The third-order valence-corrected chi connectivity index (χ3v) is 8.32. The van der Waals surface area contributed by atoms with E-state index in [1.165, 1.54) is 0 Å². The van der Waals surface area contributed by atoms with Crippen molar-refractivity contribution in [3.05, 3.63) is 113 Å². The van der Waals surface area contributed by atoms with Gasteiger partial charge in [-0.3, -0.25) is 0 Å². The van der Waals surface area contributed by atoms with Gasteiger partial charge in [0.05, 0.1) is 23.3 Å². The van der Waals surface area contributed by atoms with Gasteiger partial charge < -0.3 is 24.8 Å². The summed E-state index contributed by atoms with van der Waals surface area (Å²) in [6.45, 7) is 5.01. The normalized spacial score (nSPS) is 21.1. The SMILES string of the molecule is CCC(Nc1cccc2c1C1(OC(=O)c3ccccc31)c1cc(Nc3ccccc3)c(C)cc1O2)C1CCCO1. The van der Waals surface area contributed by atoms with E-state index in [4.69, 9.17) is 14.2 Å². The van der Waals surface area contributed by atoms with Crippen molar-refractivity contribution >= 4 is 23.0 Å². The highest BCUT2D eigenvalue weighted by Crippen LogP contribution is 2.59. The molecule has 0 radical (unpaired) electrons. The van der Waals surface area contributed by atoms with Gasteiger partial charge in [-0.05, 0) is 74.2 Å². The van der Waals surface area contributed by atoms with Gasteiger partial charge in [0, 0.05) is 34.8 Å². The number of benzene rings is 4. The maximum Gasteiger partial charge on any atom is 0.340 e. The number of aryl methyl sites for hydroxylation is 1. The van der Waals surface area contributed by atoms with Crippen molar-refractivity contribution in [2.45, 2.75) is 50.9 Å². The lowest BCUT2D eigenvalue weighted by Crippen LogP contribution is -2.37. The molecule has 0 bridgehead atoms. The first-order valence-electron chi connectivity index (χ1n) is 14.1. The molecule has 6 nitrogen and oxygen atoms in total. The van der Waals surface area contributed by atoms with Gasteiger partial charge in [0.15, 0.2) is 5.60 Å². The summed E-state index contributed by atoms with van der Waals surface area (Å²) in [5.74, 6) is 1.01. The molecule has 3 aliphatic heterocycles. The van der Waals surface area contributed by atoms with Crippen molar-refractivity contribution in [1.29, 1.82) is 0 Å². The largest absolute Gasteiger partial charge is 0.456 e. The predicted octanol–water partition coefficient (Wildman–Crippen LogP) is 7.68. The van der Waals surface area contributed by atoms with Crippen LogP contribution in [0.25, 0.3) is 0 Å². The van der Waals surface area contributed by atoms with E-state index in [2.05, 4.69) is 36.6 Å². The molecule has 4 aromatic carbocycles. The summed E-state index contributed by atoms with van der Waals surface area (Å²) in [4.78, 5) is 13.5. The van der Waals surface area contributed by atoms with Crippen molar-refractivity contribution in [3.8, 4) is 11.5 Å². The summed E-state index contributed by atoms with van der Waals surface area (Å²) in [5, 5.41) is 7.33. The molecule has 1 saturated heterocycles. The number of hydrogen-bond donors (Lipinski definition) is 2. The number of rotatable bonds is 6. The summed E-state index contributed by atoms with van der Waals surface area (Å²) in [5.41, 5.74) is 5.63. The second-order valence-electron chi connectivity index (χ2n) is 10.8. The fraction of sp³-hybridized carbons (Fsp3) is 0.265. The van der Waals surface area contributed by atoms with Crippen LogP contribution in [0.15, 0.2) is 84.9 Å². The molecule has 1 spiro atoms. The third-order valence-electron chi connectivity index (χ3n) is 8.32. The standard InChI is InChI=1S/C34H32N2O4/c1-3-26(29-17-10-18-38-29)36-27-15-9-16-30-32(27)34(24-14-8-7-13-23(24)33(37)40-34)25-20-28(21(2)19-31(25)39-30)35-22-11-5-4-6-12-22/h4-9,11-16,19-20,26,29,35-36H,3,10,17-18H2,1-2H3. The van der Waals surface area contributed by atoms with Crippen LogP contribution in [0.5, 0.6) is 11.5 Å². The first kappa shape index (κ1) is 24.7. The predicted molar refractivity (Wildman–Crippen MR) is 156 cm³/mol. The Morgan fingerprint density at radius 3 is 2.55 bits per heavy atom. The molecule has 0 saturated carbocycles. The van der Waals surface area contributed by atoms with Crippen LogP contribution in [0, 0.1) is 6.92 Å². The molecule has 3 atom stereocenters. The average Bonchev–Trinajstić information content (AvgIpc) is 3.61. The average molecular weight is 533 g/mol. The molecular formula is C34H32N2O4. The second-order valence-corrected chi connectivity index (χ2v) is 10.8. The number of anilines is 3. The summed E-state index contributed by atoms with van der Waals surface area (Å²) < 4.78 is 19.2. The molecule has 40 heavy (non-hydrogen) atoms. The number of hydrogen-bond acceptors (Lipinski definition) is 6. The van der Waals surface area contributed by atoms with Gasteiger partial charge in [0.25, 0.3) is 0 Å². The molecular weight excluding hydrogens is 500 g/mol. The molecule has 3 unspecified atom stereocenters. The van der Waals surface area contributed by atoms with Crippen LogP contribution in [0.4, 0.5) is 17.1 Å². The Hall–Kier alpha value is -4.29. The van der Waals surface area contributed by atoms with E-state index in [1.807, 2.05) is 72.8 Å². The molecule has 3 heterocycles. The molecule has 202 valence electrons. The third kappa shape index (κ3) is 3.86. The van der Waals surface area contributed by atoms with Crippen LogP contribution in [0.1, 0.15) is 58.8 Å². The van der Waals surface area contributed by atoms with Gasteiger partial charge in [-0.25, -0.2) is 4.79 Å². The van der Waals surface area contributed by atoms with Crippen molar-refractivity contribution in [3.63, 3.8) is 0 Å².